The van der Waals surface area contributed by atoms with E-state index in [0.717, 1.165) is 25.3 Å². The van der Waals surface area contributed by atoms with Crippen LogP contribution in [0.2, 0.25) is 0 Å². The molecule has 0 spiro atoms. The van der Waals surface area contributed by atoms with Gasteiger partial charge in [0.15, 0.2) is 0 Å². The summed E-state index contributed by atoms with van der Waals surface area (Å²) >= 11 is 3.75. The van der Waals surface area contributed by atoms with Crippen molar-refractivity contribution in [3.8, 4) is 0 Å². The topological polar surface area (TPSA) is 46.3 Å². The number of hydrogen-bond acceptors (Lipinski definition) is 5. The van der Waals surface area contributed by atoms with Crippen LogP contribution in [0.3, 0.4) is 0 Å². The van der Waals surface area contributed by atoms with Crippen LogP contribution in [-0.2, 0) is 0 Å². The maximum Gasteiger partial charge on any atom is 0.259 e. The zero-order chi connectivity index (χ0) is 14.8. The zero-order valence-corrected chi connectivity index (χ0v) is 13.8. The van der Waals surface area contributed by atoms with Crippen LogP contribution in [0.5, 0.6) is 0 Å². The van der Waals surface area contributed by atoms with Crippen molar-refractivity contribution in [1.29, 1.82) is 0 Å². The summed E-state index contributed by atoms with van der Waals surface area (Å²) in [4.78, 5) is 16.0. The molecule has 1 fully saturated rings. The molecule has 0 unspecified atom stereocenters. The Morgan fingerprint density at radius 1 is 1.43 bits per heavy atom. The first kappa shape index (κ1) is 14.7. The predicted octanol–water partition coefficient (Wildman–Crippen LogP) is 3.67. The van der Waals surface area contributed by atoms with Crippen LogP contribution in [-0.4, -0.2) is 34.8 Å². The smallest absolute Gasteiger partial charge is 0.259 e. The van der Waals surface area contributed by atoms with Crippen LogP contribution in [0, 0.1) is 13.8 Å². The van der Waals surface area contributed by atoms with E-state index in [1.165, 1.54) is 4.88 Å². The Morgan fingerprint density at radius 2 is 2.29 bits per heavy atom. The summed E-state index contributed by atoms with van der Waals surface area (Å²) in [7, 11) is 0. The van der Waals surface area contributed by atoms with Crippen LogP contribution in [0.15, 0.2) is 22.0 Å². The SMILES string of the molecule is Cc1noc(C)c1C(=O)N1CCS[C@@H](c2cccs2)CC1. The molecule has 21 heavy (non-hydrogen) atoms. The minimum atomic E-state index is 0.0543. The third kappa shape index (κ3) is 3.01. The van der Waals surface area contributed by atoms with Crippen molar-refractivity contribution in [2.24, 2.45) is 0 Å². The average Bonchev–Trinajstić information content (AvgIpc) is 3.03. The van der Waals surface area contributed by atoms with Gasteiger partial charge in [0, 0.05) is 29.0 Å². The first-order valence-corrected chi connectivity index (χ1v) is 8.97. The minimum Gasteiger partial charge on any atom is -0.361 e. The number of aromatic nitrogens is 1. The molecule has 1 aliphatic heterocycles. The van der Waals surface area contributed by atoms with Crippen LogP contribution in [0.4, 0.5) is 0 Å². The van der Waals surface area contributed by atoms with Gasteiger partial charge in [-0.25, -0.2) is 0 Å². The standard InChI is InChI=1S/C15H18N2O2S2/c1-10-14(11(2)19-16-10)15(18)17-6-5-13(21-9-7-17)12-4-3-8-20-12/h3-4,8,13H,5-7,9H2,1-2H3/t13-/m1/s1. The first-order valence-electron chi connectivity index (χ1n) is 7.04. The lowest BCUT2D eigenvalue weighted by molar-refractivity contribution is 0.0764. The molecule has 3 rings (SSSR count). The monoisotopic (exact) mass is 322 g/mol. The highest BCUT2D eigenvalue weighted by molar-refractivity contribution is 7.99. The van der Waals surface area contributed by atoms with Crippen LogP contribution < -0.4 is 0 Å². The van der Waals surface area contributed by atoms with E-state index >= 15 is 0 Å². The lowest BCUT2D eigenvalue weighted by Gasteiger charge is -2.20. The molecule has 0 aliphatic carbocycles. The molecule has 1 amide bonds. The maximum atomic E-state index is 12.7. The van der Waals surface area contributed by atoms with Gasteiger partial charge < -0.3 is 9.42 Å². The van der Waals surface area contributed by atoms with Crippen molar-refractivity contribution < 1.29 is 9.32 Å². The Kier molecular flexibility index (Phi) is 4.35. The lowest BCUT2D eigenvalue weighted by atomic mass is 10.1. The molecule has 0 aromatic carbocycles. The van der Waals surface area contributed by atoms with Gasteiger partial charge in [0.05, 0.1) is 5.69 Å². The molecular weight excluding hydrogens is 304 g/mol. The second-order valence-corrected chi connectivity index (χ2v) is 7.44. The van der Waals surface area contributed by atoms with Crippen LogP contribution >= 0.6 is 23.1 Å². The third-order valence-electron chi connectivity index (χ3n) is 3.74. The molecule has 0 bridgehead atoms. The summed E-state index contributed by atoms with van der Waals surface area (Å²) in [5.41, 5.74) is 1.32. The van der Waals surface area contributed by atoms with E-state index in [-0.39, 0.29) is 5.91 Å². The fourth-order valence-electron chi connectivity index (χ4n) is 2.62. The second-order valence-electron chi connectivity index (χ2n) is 5.15. The molecule has 4 nitrogen and oxygen atoms in total. The van der Waals surface area contributed by atoms with Gasteiger partial charge in [0.1, 0.15) is 11.3 Å². The fraction of sp³-hybridized carbons (Fsp3) is 0.467. The fourth-order valence-corrected chi connectivity index (χ4v) is 4.86. The molecule has 0 saturated carbocycles. The molecule has 112 valence electrons. The molecule has 2 aromatic heterocycles. The number of thioether (sulfide) groups is 1. The van der Waals surface area contributed by atoms with E-state index in [2.05, 4.69) is 22.7 Å². The predicted molar refractivity (Wildman–Crippen MR) is 86.0 cm³/mol. The minimum absolute atomic E-state index is 0.0543. The van der Waals surface area contributed by atoms with Crippen molar-refractivity contribution in [1.82, 2.24) is 10.1 Å². The second kappa shape index (κ2) is 6.23. The van der Waals surface area contributed by atoms with Crippen LogP contribution in [0.1, 0.15) is 38.4 Å². The Bertz CT molecular complexity index is 602. The van der Waals surface area contributed by atoms with E-state index in [1.54, 1.807) is 18.3 Å². The first-order chi connectivity index (χ1) is 10.2. The van der Waals surface area contributed by atoms with Gasteiger partial charge in [-0.2, -0.15) is 11.8 Å². The van der Waals surface area contributed by atoms with Gasteiger partial charge in [-0.1, -0.05) is 11.2 Å². The number of carbonyl (C=O) groups excluding carboxylic acids is 1. The number of rotatable bonds is 2. The highest BCUT2D eigenvalue weighted by atomic mass is 32.2. The number of amides is 1. The molecule has 3 heterocycles. The van der Waals surface area contributed by atoms with Crippen LogP contribution in [0.25, 0.3) is 0 Å². The molecule has 0 radical (unpaired) electrons. The lowest BCUT2D eigenvalue weighted by Crippen LogP contribution is -2.33. The zero-order valence-electron chi connectivity index (χ0n) is 12.2. The molecule has 1 atom stereocenters. The molecule has 1 saturated heterocycles. The molecule has 1 aliphatic rings. The summed E-state index contributed by atoms with van der Waals surface area (Å²) in [6.45, 7) is 5.20. The Labute approximate surface area is 132 Å². The van der Waals surface area contributed by atoms with Crippen molar-refractivity contribution >= 4 is 29.0 Å². The Morgan fingerprint density at radius 3 is 2.95 bits per heavy atom. The van der Waals surface area contributed by atoms with Crippen molar-refractivity contribution in [3.63, 3.8) is 0 Å². The summed E-state index contributed by atoms with van der Waals surface area (Å²) < 4.78 is 5.12. The Hall–Kier alpha value is -1.27. The highest BCUT2D eigenvalue weighted by Crippen LogP contribution is 2.37. The summed E-state index contributed by atoms with van der Waals surface area (Å²) in [5, 5.41) is 6.51. The van der Waals surface area contributed by atoms with Gasteiger partial charge in [0.2, 0.25) is 0 Å². The number of carbonyl (C=O) groups is 1. The van der Waals surface area contributed by atoms with Gasteiger partial charge in [0.25, 0.3) is 5.91 Å². The third-order valence-corrected chi connectivity index (χ3v) is 6.18. The van der Waals surface area contributed by atoms with E-state index < -0.39 is 0 Å². The number of hydrogen-bond donors (Lipinski definition) is 0. The van der Waals surface area contributed by atoms with E-state index in [9.17, 15) is 4.79 Å². The largest absolute Gasteiger partial charge is 0.361 e. The number of nitrogens with zero attached hydrogens (tertiary/aromatic N) is 2. The van der Waals surface area contributed by atoms with Crippen molar-refractivity contribution in [2.75, 3.05) is 18.8 Å². The van der Waals surface area contributed by atoms with Crippen molar-refractivity contribution in [3.05, 3.63) is 39.4 Å². The van der Waals surface area contributed by atoms with Gasteiger partial charge in [-0.05, 0) is 31.7 Å². The molecule has 2 aromatic rings. The molecular formula is C15H18N2O2S2. The molecule has 0 N–H and O–H groups in total. The quantitative estimate of drug-likeness (QED) is 0.846. The summed E-state index contributed by atoms with van der Waals surface area (Å²) in [6, 6.07) is 4.28. The van der Waals surface area contributed by atoms with Gasteiger partial charge >= 0.3 is 0 Å². The van der Waals surface area contributed by atoms with Crippen molar-refractivity contribution in [2.45, 2.75) is 25.5 Å². The number of thiophene rings is 1. The highest BCUT2D eigenvalue weighted by Gasteiger charge is 2.26. The average molecular weight is 322 g/mol. The molecule has 6 heteroatoms. The Balaban J connectivity index is 1.72. The maximum absolute atomic E-state index is 12.7. The number of aryl methyl sites for hydroxylation is 2. The van der Waals surface area contributed by atoms with Gasteiger partial charge in [-0.3, -0.25) is 4.79 Å². The van der Waals surface area contributed by atoms with E-state index in [0.29, 0.717) is 22.3 Å². The normalized spacial score (nSPS) is 19.5. The van der Waals surface area contributed by atoms with E-state index in [4.69, 9.17) is 4.52 Å². The summed E-state index contributed by atoms with van der Waals surface area (Å²) in [5.74, 6) is 1.64. The summed E-state index contributed by atoms with van der Waals surface area (Å²) in [6.07, 6.45) is 1.00. The van der Waals surface area contributed by atoms with Gasteiger partial charge in [-0.15, -0.1) is 11.3 Å². The van der Waals surface area contributed by atoms with E-state index in [1.807, 2.05) is 23.6 Å².